The number of hydrogen-bond acceptors (Lipinski definition) is 5. The Morgan fingerprint density at radius 2 is 1.55 bits per heavy atom. The molecule has 2 aliphatic heterocycles. The average molecular weight is 520 g/mol. The molecule has 0 saturated carbocycles. The van der Waals surface area contributed by atoms with E-state index in [1.807, 2.05) is 60.7 Å². The summed E-state index contributed by atoms with van der Waals surface area (Å²) in [7, 11) is 0. The molecule has 2 fully saturated rings. The predicted octanol–water partition coefficient (Wildman–Crippen LogP) is 2.75. The molecule has 8 nitrogen and oxygen atoms in total. The number of amides is 2. The normalized spacial score (nSPS) is 20.6. The second-order valence-corrected chi connectivity index (χ2v) is 10.4. The summed E-state index contributed by atoms with van der Waals surface area (Å²) in [6.07, 6.45) is 3.74. The number of nitrogens with one attached hydrogen (secondary N) is 2. The largest absolute Gasteiger partial charge is 0.480 e. The van der Waals surface area contributed by atoms with E-state index >= 15 is 0 Å². The van der Waals surface area contributed by atoms with E-state index in [0.717, 1.165) is 30.5 Å². The van der Waals surface area contributed by atoms with E-state index in [-0.39, 0.29) is 36.5 Å². The first kappa shape index (κ1) is 27.5. The van der Waals surface area contributed by atoms with E-state index in [0.29, 0.717) is 32.2 Å². The van der Waals surface area contributed by atoms with E-state index in [9.17, 15) is 24.3 Å². The molecule has 0 bridgehead atoms. The van der Waals surface area contributed by atoms with Gasteiger partial charge in [-0.15, -0.1) is 0 Å². The summed E-state index contributed by atoms with van der Waals surface area (Å²) >= 11 is 0. The molecule has 202 valence electrons. The van der Waals surface area contributed by atoms with E-state index in [2.05, 4.69) is 10.6 Å². The van der Waals surface area contributed by atoms with Crippen LogP contribution in [0.25, 0.3) is 0 Å². The third-order valence-electron chi connectivity index (χ3n) is 7.49. The van der Waals surface area contributed by atoms with Crippen molar-refractivity contribution in [2.45, 2.75) is 69.5 Å². The molecule has 2 aliphatic rings. The second kappa shape index (κ2) is 13.3. The number of aliphatic carboxylic acids is 1. The molecule has 2 saturated heterocycles. The number of nitrogens with zero attached hydrogens (tertiary/aromatic N) is 1. The first-order chi connectivity index (χ1) is 18.4. The lowest BCUT2D eigenvalue weighted by molar-refractivity contribution is -0.150. The van der Waals surface area contributed by atoms with Crippen molar-refractivity contribution in [2.75, 3.05) is 13.1 Å². The number of carbonyl (C=O) groups is 4. The number of rotatable bonds is 12. The number of benzene rings is 2. The van der Waals surface area contributed by atoms with Crippen LogP contribution in [0, 0.1) is 5.92 Å². The van der Waals surface area contributed by atoms with E-state index in [4.69, 9.17) is 0 Å². The van der Waals surface area contributed by atoms with Gasteiger partial charge in [-0.05, 0) is 56.2 Å². The van der Waals surface area contributed by atoms with Crippen LogP contribution < -0.4 is 10.6 Å². The van der Waals surface area contributed by atoms with Crippen LogP contribution in [0.1, 0.15) is 49.7 Å². The van der Waals surface area contributed by atoms with Crippen molar-refractivity contribution in [3.8, 4) is 0 Å². The highest BCUT2D eigenvalue weighted by molar-refractivity contribution is 5.90. The first-order valence-corrected chi connectivity index (χ1v) is 13.6. The number of carbonyl (C=O) groups excluding carboxylic acids is 3. The molecular formula is C30H37N3O5. The Balaban J connectivity index is 1.48. The number of ketones is 1. The molecule has 0 aromatic heterocycles. The molecule has 0 radical (unpaired) electrons. The minimum atomic E-state index is -1.01. The summed E-state index contributed by atoms with van der Waals surface area (Å²) in [6.45, 7) is 1.19. The Hall–Kier alpha value is -3.52. The fraction of sp³-hybridized carbons (Fsp3) is 0.467. The molecular weight excluding hydrogens is 482 g/mol. The molecule has 2 amide bonds. The zero-order chi connectivity index (χ0) is 26.9. The van der Waals surface area contributed by atoms with Gasteiger partial charge in [-0.3, -0.25) is 14.4 Å². The molecule has 4 atom stereocenters. The maximum Gasteiger partial charge on any atom is 0.326 e. The van der Waals surface area contributed by atoms with E-state index in [1.165, 1.54) is 4.90 Å². The van der Waals surface area contributed by atoms with Crippen LogP contribution in [0.15, 0.2) is 60.7 Å². The molecule has 4 rings (SSSR count). The van der Waals surface area contributed by atoms with Gasteiger partial charge in [-0.1, -0.05) is 60.7 Å². The van der Waals surface area contributed by atoms with Crippen molar-refractivity contribution in [1.82, 2.24) is 15.5 Å². The van der Waals surface area contributed by atoms with Crippen molar-refractivity contribution in [3.63, 3.8) is 0 Å². The predicted molar refractivity (Wildman–Crippen MR) is 143 cm³/mol. The number of hydrogen-bond donors (Lipinski definition) is 3. The lowest BCUT2D eigenvalue weighted by Crippen LogP contribution is -2.47. The third kappa shape index (κ3) is 7.51. The molecule has 2 heterocycles. The monoisotopic (exact) mass is 519 g/mol. The van der Waals surface area contributed by atoms with Gasteiger partial charge in [-0.2, -0.15) is 0 Å². The van der Waals surface area contributed by atoms with Gasteiger partial charge in [0.2, 0.25) is 11.8 Å². The standard InChI is InChI=1S/C30H37N3O5/c34-25(20-24(18-22-11-5-2-6-12-22)32-28(35)26-13-7-15-31-26)19-23(17-21-9-3-1-4-10-21)29(36)33-16-8-14-27(33)30(37)38/h1-6,9-12,23-24,26-27,31H,7-8,13-20H2,(H,32,35)(H,37,38)/t23-,24-,26+,27+/m0/s1. The summed E-state index contributed by atoms with van der Waals surface area (Å²) in [5, 5.41) is 15.9. The number of carboxylic acids is 1. The molecule has 3 N–H and O–H groups in total. The molecule has 2 aromatic rings. The lowest BCUT2D eigenvalue weighted by Gasteiger charge is -2.27. The fourth-order valence-electron chi connectivity index (χ4n) is 5.58. The minimum absolute atomic E-state index is 0.000590. The zero-order valence-electron chi connectivity index (χ0n) is 21.7. The van der Waals surface area contributed by atoms with Gasteiger partial charge >= 0.3 is 5.97 Å². The molecule has 0 aliphatic carbocycles. The first-order valence-electron chi connectivity index (χ1n) is 13.6. The molecule has 0 unspecified atom stereocenters. The van der Waals surface area contributed by atoms with Crippen LogP contribution in [0.5, 0.6) is 0 Å². The maximum absolute atomic E-state index is 13.6. The topological polar surface area (TPSA) is 116 Å². The van der Waals surface area contributed by atoms with Crippen molar-refractivity contribution in [3.05, 3.63) is 71.8 Å². The van der Waals surface area contributed by atoms with Gasteiger partial charge in [0.1, 0.15) is 11.8 Å². The highest BCUT2D eigenvalue weighted by Crippen LogP contribution is 2.24. The smallest absolute Gasteiger partial charge is 0.326 e. The summed E-state index contributed by atoms with van der Waals surface area (Å²) in [5.74, 6) is -2.17. The van der Waals surface area contributed by atoms with Crippen LogP contribution in [0.4, 0.5) is 0 Å². The van der Waals surface area contributed by atoms with Crippen molar-refractivity contribution >= 4 is 23.6 Å². The van der Waals surface area contributed by atoms with Gasteiger partial charge in [0.15, 0.2) is 0 Å². The minimum Gasteiger partial charge on any atom is -0.480 e. The van der Waals surface area contributed by atoms with E-state index in [1.54, 1.807) is 0 Å². The number of likely N-dealkylation sites (tertiary alicyclic amines) is 1. The van der Waals surface area contributed by atoms with E-state index < -0.39 is 24.0 Å². The van der Waals surface area contributed by atoms with Crippen LogP contribution in [0.2, 0.25) is 0 Å². The Bertz CT molecular complexity index is 1100. The summed E-state index contributed by atoms with van der Waals surface area (Å²) < 4.78 is 0. The Morgan fingerprint density at radius 1 is 0.895 bits per heavy atom. The summed E-state index contributed by atoms with van der Waals surface area (Å²) in [4.78, 5) is 53.0. The fourth-order valence-corrected chi connectivity index (χ4v) is 5.58. The van der Waals surface area contributed by atoms with Crippen LogP contribution in [-0.2, 0) is 32.0 Å². The van der Waals surface area contributed by atoms with Crippen LogP contribution >= 0.6 is 0 Å². The second-order valence-electron chi connectivity index (χ2n) is 10.4. The van der Waals surface area contributed by atoms with Crippen molar-refractivity contribution in [2.24, 2.45) is 5.92 Å². The molecule has 0 spiro atoms. The summed E-state index contributed by atoms with van der Waals surface area (Å²) in [5.41, 5.74) is 1.94. The lowest BCUT2D eigenvalue weighted by atomic mass is 9.90. The SMILES string of the molecule is O=C(C[C@H](Cc1ccccc1)NC(=O)[C@H]1CCCN1)C[C@H](Cc1ccccc1)C(=O)N1CCC[C@@H]1C(=O)O. The van der Waals surface area contributed by atoms with Crippen LogP contribution in [-0.4, -0.2) is 64.8 Å². The Labute approximate surface area is 223 Å². The molecule has 8 heteroatoms. The maximum atomic E-state index is 13.6. The Morgan fingerprint density at radius 3 is 2.16 bits per heavy atom. The van der Waals surface area contributed by atoms with Crippen molar-refractivity contribution < 1.29 is 24.3 Å². The molecule has 38 heavy (non-hydrogen) atoms. The van der Waals surface area contributed by atoms with Gasteiger partial charge < -0.3 is 20.6 Å². The van der Waals surface area contributed by atoms with Crippen molar-refractivity contribution in [1.29, 1.82) is 0 Å². The Kier molecular flexibility index (Phi) is 9.65. The van der Waals surface area contributed by atoms with Gasteiger partial charge in [0.25, 0.3) is 0 Å². The number of carboxylic acid groups (broad SMARTS) is 1. The third-order valence-corrected chi connectivity index (χ3v) is 7.49. The highest BCUT2D eigenvalue weighted by atomic mass is 16.4. The molecule has 2 aromatic carbocycles. The summed E-state index contributed by atoms with van der Waals surface area (Å²) in [6, 6.07) is 17.7. The van der Waals surface area contributed by atoms with Gasteiger partial charge in [0.05, 0.1) is 6.04 Å². The van der Waals surface area contributed by atoms with Gasteiger partial charge in [0, 0.05) is 31.3 Å². The van der Waals surface area contributed by atoms with Crippen LogP contribution in [0.3, 0.4) is 0 Å². The highest BCUT2D eigenvalue weighted by Gasteiger charge is 2.38. The average Bonchev–Trinajstić information content (AvgIpc) is 3.62. The van der Waals surface area contributed by atoms with Gasteiger partial charge in [-0.25, -0.2) is 4.79 Å². The zero-order valence-corrected chi connectivity index (χ0v) is 21.7. The quantitative estimate of drug-likeness (QED) is 0.397. The number of Topliss-reactive ketones (excluding diaryl/α,β-unsaturated/α-hetero) is 1.